The zero-order valence-electron chi connectivity index (χ0n) is 13.7. The van der Waals surface area contributed by atoms with Crippen molar-refractivity contribution >= 4 is 5.91 Å². The van der Waals surface area contributed by atoms with E-state index in [1.807, 2.05) is 25.1 Å². The fourth-order valence-corrected chi connectivity index (χ4v) is 3.15. The molecule has 1 aromatic heterocycles. The highest BCUT2D eigenvalue weighted by atomic mass is 19.1. The molecule has 1 fully saturated rings. The van der Waals surface area contributed by atoms with E-state index in [1.165, 1.54) is 12.1 Å². The number of aryl methyl sites for hydroxylation is 1. The van der Waals surface area contributed by atoms with E-state index in [0.717, 1.165) is 11.3 Å². The summed E-state index contributed by atoms with van der Waals surface area (Å²) >= 11 is 0. The molecule has 0 spiro atoms. The average Bonchev–Trinajstić information content (AvgIpc) is 2.93. The largest absolute Gasteiger partial charge is 0.391 e. The summed E-state index contributed by atoms with van der Waals surface area (Å²) in [5.41, 5.74) is 2.51. The molecule has 2 heterocycles. The molecule has 1 saturated heterocycles. The lowest BCUT2D eigenvalue weighted by molar-refractivity contribution is -0.129. The molecule has 1 aliphatic heterocycles. The molecule has 2 atom stereocenters. The summed E-state index contributed by atoms with van der Waals surface area (Å²) < 4.78 is 13.4. The molecule has 1 amide bonds. The molecule has 1 N–H and O–H groups in total. The number of hydrogen-bond acceptors (Lipinski definition) is 3. The van der Waals surface area contributed by atoms with Crippen LogP contribution in [0.1, 0.15) is 16.8 Å². The van der Waals surface area contributed by atoms with E-state index >= 15 is 0 Å². The van der Waals surface area contributed by atoms with E-state index in [4.69, 9.17) is 0 Å². The summed E-state index contributed by atoms with van der Waals surface area (Å²) in [4.78, 5) is 18.4. The van der Waals surface area contributed by atoms with Crippen molar-refractivity contribution in [3.63, 3.8) is 0 Å². The first-order valence-corrected chi connectivity index (χ1v) is 8.13. The lowest BCUT2D eigenvalue weighted by Crippen LogP contribution is -2.31. The molecule has 3 rings (SSSR count). The van der Waals surface area contributed by atoms with Gasteiger partial charge in [0.25, 0.3) is 0 Å². The predicted molar refractivity (Wildman–Crippen MR) is 88.9 cm³/mol. The number of carbonyl (C=O) groups excluding carboxylic acids is 1. The number of halogens is 1. The first-order valence-electron chi connectivity index (χ1n) is 8.13. The molecule has 0 aliphatic carbocycles. The number of aromatic nitrogens is 1. The number of rotatable bonds is 4. The maximum Gasteiger partial charge on any atom is 0.227 e. The van der Waals surface area contributed by atoms with E-state index in [2.05, 4.69) is 4.98 Å². The Bertz CT molecular complexity index is 721. The monoisotopic (exact) mass is 328 g/mol. The minimum Gasteiger partial charge on any atom is -0.391 e. The molecular formula is C19H21FN2O2. The maximum atomic E-state index is 13.4. The Labute approximate surface area is 141 Å². The van der Waals surface area contributed by atoms with Gasteiger partial charge in [-0.1, -0.05) is 12.1 Å². The quantitative estimate of drug-likeness (QED) is 0.935. The number of nitrogens with zero attached hydrogens (tertiary/aromatic N) is 2. The number of carbonyl (C=O) groups is 1. The van der Waals surface area contributed by atoms with Gasteiger partial charge >= 0.3 is 0 Å². The van der Waals surface area contributed by atoms with Crippen LogP contribution in [0.3, 0.4) is 0 Å². The summed E-state index contributed by atoms with van der Waals surface area (Å²) in [5.74, 6) is -0.429. The van der Waals surface area contributed by atoms with Gasteiger partial charge in [-0.25, -0.2) is 4.39 Å². The third-order valence-corrected chi connectivity index (χ3v) is 4.61. The first kappa shape index (κ1) is 16.6. The second-order valence-corrected chi connectivity index (χ2v) is 6.40. The lowest BCUT2D eigenvalue weighted by atomic mass is 10.00. The van der Waals surface area contributed by atoms with Crippen molar-refractivity contribution in [2.75, 3.05) is 13.1 Å². The predicted octanol–water partition coefficient (Wildman–Crippen LogP) is 2.13. The molecule has 0 radical (unpaired) electrons. The van der Waals surface area contributed by atoms with Gasteiger partial charge in [0.05, 0.1) is 12.5 Å². The summed E-state index contributed by atoms with van der Waals surface area (Å²) in [6.07, 6.45) is 1.98. The zero-order valence-corrected chi connectivity index (χ0v) is 13.7. The van der Waals surface area contributed by atoms with Crippen molar-refractivity contribution in [3.05, 3.63) is 65.2 Å². The summed E-state index contributed by atoms with van der Waals surface area (Å²) in [6, 6.07) is 10.2. The number of hydrogen-bond donors (Lipinski definition) is 1. The van der Waals surface area contributed by atoms with Gasteiger partial charge in [-0.15, -0.1) is 0 Å². The van der Waals surface area contributed by atoms with E-state index in [9.17, 15) is 14.3 Å². The molecule has 0 bridgehead atoms. The Hall–Kier alpha value is -2.27. The number of aliphatic hydroxyl groups excluding tert-OH is 1. The number of aliphatic hydroxyl groups is 1. The van der Waals surface area contributed by atoms with Gasteiger partial charge in [-0.2, -0.15) is 0 Å². The van der Waals surface area contributed by atoms with Gasteiger partial charge < -0.3 is 10.0 Å². The van der Waals surface area contributed by atoms with E-state index < -0.39 is 6.10 Å². The zero-order chi connectivity index (χ0) is 17.1. The maximum absolute atomic E-state index is 13.4. The smallest absolute Gasteiger partial charge is 0.227 e. The second-order valence-electron chi connectivity index (χ2n) is 6.40. The number of β-amino-alcohol motifs (C(OH)–C–C–N with tert-alkyl or cyclic N) is 1. The molecule has 1 aliphatic rings. The highest BCUT2D eigenvalue weighted by molar-refractivity contribution is 5.79. The second kappa shape index (κ2) is 7.09. The van der Waals surface area contributed by atoms with Crippen molar-refractivity contribution in [3.8, 4) is 0 Å². The van der Waals surface area contributed by atoms with Crippen molar-refractivity contribution in [1.29, 1.82) is 0 Å². The van der Waals surface area contributed by atoms with Crippen LogP contribution in [0.15, 0.2) is 42.6 Å². The van der Waals surface area contributed by atoms with Crippen LogP contribution in [0.2, 0.25) is 0 Å². The fraction of sp³-hybridized carbons (Fsp3) is 0.368. The van der Waals surface area contributed by atoms with Gasteiger partial charge in [-0.3, -0.25) is 9.78 Å². The third kappa shape index (κ3) is 3.79. The van der Waals surface area contributed by atoms with E-state index in [1.54, 1.807) is 17.2 Å². The fourth-order valence-electron chi connectivity index (χ4n) is 3.15. The Morgan fingerprint density at radius 1 is 1.33 bits per heavy atom. The summed E-state index contributed by atoms with van der Waals surface area (Å²) in [5, 5.41) is 10.3. The molecule has 126 valence electrons. The van der Waals surface area contributed by atoms with Crippen LogP contribution in [0.25, 0.3) is 0 Å². The van der Waals surface area contributed by atoms with Crippen molar-refractivity contribution in [2.45, 2.75) is 25.9 Å². The first-order chi connectivity index (χ1) is 11.5. The van der Waals surface area contributed by atoms with Crippen LogP contribution in [0.4, 0.5) is 4.39 Å². The van der Waals surface area contributed by atoms with Crippen molar-refractivity contribution < 1.29 is 14.3 Å². The molecule has 0 saturated carbocycles. The summed E-state index contributed by atoms with van der Waals surface area (Å²) in [6.45, 7) is 2.69. The molecule has 1 aromatic carbocycles. The van der Waals surface area contributed by atoms with Gasteiger partial charge in [0.15, 0.2) is 0 Å². The minimum atomic E-state index is -0.551. The molecule has 5 heteroatoms. The molecule has 0 unspecified atom stereocenters. The normalized spacial score (nSPS) is 20.4. The topological polar surface area (TPSA) is 53.4 Å². The highest BCUT2D eigenvalue weighted by Crippen LogP contribution is 2.22. The average molecular weight is 328 g/mol. The standard InChI is InChI=1S/C19H21FN2O2/c1-13-5-6-16(20)8-14(13)10-19(24)22-11-15(18(23)12-22)9-17-4-2-3-7-21-17/h2-8,15,18,23H,9-12H2,1H3/t15-,18-/m1/s1. The third-order valence-electron chi connectivity index (χ3n) is 4.61. The van der Waals surface area contributed by atoms with Gasteiger partial charge in [0, 0.05) is 30.9 Å². The van der Waals surface area contributed by atoms with Gasteiger partial charge in [0.1, 0.15) is 5.82 Å². The Morgan fingerprint density at radius 2 is 2.17 bits per heavy atom. The number of benzene rings is 1. The van der Waals surface area contributed by atoms with Crippen LogP contribution >= 0.6 is 0 Å². The SMILES string of the molecule is Cc1ccc(F)cc1CC(=O)N1C[C@@H](Cc2ccccn2)[C@H](O)C1. The number of pyridine rings is 1. The van der Waals surface area contributed by atoms with E-state index in [0.29, 0.717) is 25.1 Å². The van der Waals surface area contributed by atoms with Gasteiger partial charge in [0.2, 0.25) is 5.91 Å². The lowest BCUT2D eigenvalue weighted by Gasteiger charge is -2.17. The van der Waals surface area contributed by atoms with Gasteiger partial charge in [-0.05, 0) is 48.7 Å². The van der Waals surface area contributed by atoms with Crippen molar-refractivity contribution in [1.82, 2.24) is 9.88 Å². The molecule has 2 aromatic rings. The van der Waals surface area contributed by atoms with Crippen LogP contribution < -0.4 is 0 Å². The number of amides is 1. The molecule has 24 heavy (non-hydrogen) atoms. The molecule has 4 nitrogen and oxygen atoms in total. The van der Waals surface area contributed by atoms with Crippen LogP contribution in [0.5, 0.6) is 0 Å². The van der Waals surface area contributed by atoms with Crippen LogP contribution in [0, 0.1) is 18.7 Å². The van der Waals surface area contributed by atoms with Crippen LogP contribution in [-0.4, -0.2) is 40.1 Å². The van der Waals surface area contributed by atoms with E-state index in [-0.39, 0.29) is 24.1 Å². The Balaban J connectivity index is 1.63. The number of likely N-dealkylation sites (tertiary alicyclic amines) is 1. The Kier molecular flexibility index (Phi) is 4.90. The minimum absolute atomic E-state index is 0.0162. The molecular weight excluding hydrogens is 307 g/mol. The Morgan fingerprint density at radius 3 is 2.92 bits per heavy atom. The highest BCUT2D eigenvalue weighted by Gasteiger charge is 2.34. The van der Waals surface area contributed by atoms with Crippen LogP contribution in [-0.2, 0) is 17.6 Å². The van der Waals surface area contributed by atoms with Crippen molar-refractivity contribution in [2.24, 2.45) is 5.92 Å². The summed E-state index contributed by atoms with van der Waals surface area (Å²) in [7, 11) is 0.